The fourth-order valence-electron chi connectivity index (χ4n) is 3.29. The Labute approximate surface area is 165 Å². The molecule has 4 heterocycles. The summed E-state index contributed by atoms with van der Waals surface area (Å²) in [6.07, 6.45) is 5.51. The maximum absolute atomic E-state index is 12.6. The molecule has 1 atom stereocenters. The van der Waals surface area contributed by atoms with Crippen molar-refractivity contribution in [2.24, 2.45) is 12.8 Å². The van der Waals surface area contributed by atoms with Gasteiger partial charge in [-0.25, -0.2) is 9.97 Å². The van der Waals surface area contributed by atoms with Gasteiger partial charge in [-0.05, 0) is 6.42 Å². The standard InChI is InChI=1S/C18H22N8O3/c1-3-18(19)8-26(9-18)17(29)16(28)24-15(27)11-5-20-14-13(11)23-12(6-21-14)10-4-22-25(2)7-10/h4-7,16,28H,3,8-9,19H2,1-2H3,(H,20,21)(H,24,27). The van der Waals surface area contributed by atoms with Crippen LogP contribution in [0.1, 0.15) is 23.7 Å². The van der Waals surface area contributed by atoms with E-state index in [0.29, 0.717) is 29.9 Å². The minimum absolute atomic E-state index is 0.176. The number of rotatable bonds is 5. The van der Waals surface area contributed by atoms with Crippen LogP contribution < -0.4 is 11.1 Å². The number of H-pyrrole nitrogens is 1. The molecule has 11 nitrogen and oxygen atoms in total. The zero-order valence-corrected chi connectivity index (χ0v) is 16.1. The van der Waals surface area contributed by atoms with E-state index in [4.69, 9.17) is 5.73 Å². The largest absolute Gasteiger partial charge is 0.365 e. The summed E-state index contributed by atoms with van der Waals surface area (Å²) in [6, 6.07) is 0. The number of nitrogens with zero attached hydrogens (tertiary/aromatic N) is 5. The van der Waals surface area contributed by atoms with Gasteiger partial charge in [0.05, 0.1) is 29.2 Å². The first-order valence-corrected chi connectivity index (χ1v) is 9.19. The molecule has 0 aromatic carbocycles. The van der Waals surface area contributed by atoms with Crippen molar-refractivity contribution in [2.75, 3.05) is 13.1 Å². The Hall–Kier alpha value is -3.31. The van der Waals surface area contributed by atoms with Crippen LogP contribution in [0.5, 0.6) is 0 Å². The van der Waals surface area contributed by atoms with Gasteiger partial charge in [-0.2, -0.15) is 5.10 Å². The number of likely N-dealkylation sites (tertiary alicyclic amines) is 1. The van der Waals surface area contributed by atoms with E-state index in [1.807, 2.05) is 6.92 Å². The van der Waals surface area contributed by atoms with E-state index < -0.39 is 23.6 Å². The van der Waals surface area contributed by atoms with Gasteiger partial charge in [0.15, 0.2) is 5.65 Å². The molecule has 152 valence electrons. The van der Waals surface area contributed by atoms with E-state index in [2.05, 4.69) is 25.4 Å². The lowest BCUT2D eigenvalue weighted by molar-refractivity contribution is -0.149. The Kier molecular flexibility index (Phi) is 4.55. The van der Waals surface area contributed by atoms with Crippen LogP contribution >= 0.6 is 0 Å². The quantitative estimate of drug-likeness (QED) is 0.416. The second-order valence-electron chi connectivity index (χ2n) is 7.34. The summed E-state index contributed by atoms with van der Waals surface area (Å²) in [5, 5.41) is 16.6. The molecule has 0 aliphatic carbocycles. The predicted molar refractivity (Wildman–Crippen MR) is 103 cm³/mol. The molecule has 3 aromatic rings. The van der Waals surface area contributed by atoms with Gasteiger partial charge in [0.25, 0.3) is 11.8 Å². The van der Waals surface area contributed by atoms with E-state index in [0.717, 1.165) is 12.0 Å². The van der Waals surface area contributed by atoms with E-state index in [9.17, 15) is 14.7 Å². The Morgan fingerprint density at radius 3 is 2.83 bits per heavy atom. The second-order valence-corrected chi connectivity index (χ2v) is 7.34. The van der Waals surface area contributed by atoms with E-state index in [-0.39, 0.29) is 5.56 Å². The van der Waals surface area contributed by atoms with Gasteiger partial charge in [0, 0.05) is 38.1 Å². The number of aliphatic hydroxyl groups excluding tert-OH is 1. The van der Waals surface area contributed by atoms with Crippen molar-refractivity contribution in [3.63, 3.8) is 0 Å². The normalized spacial score (nSPS) is 16.5. The number of nitrogens with two attached hydrogens (primary N) is 1. The molecule has 2 amide bonds. The van der Waals surface area contributed by atoms with Gasteiger partial charge in [-0.3, -0.25) is 14.3 Å². The van der Waals surface area contributed by atoms with Crippen molar-refractivity contribution in [1.29, 1.82) is 0 Å². The van der Waals surface area contributed by atoms with Crippen LogP contribution in [-0.2, 0) is 11.8 Å². The van der Waals surface area contributed by atoms with Crippen LogP contribution in [0.15, 0.2) is 24.8 Å². The molecule has 1 aliphatic rings. The van der Waals surface area contributed by atoms with Crippen LogP contribution in [0.25, 0.3) is 22.4 Å². The summed E-state index contributed by atoms with van der Waals surface area (Å²) in [5.41, 5.74) is 7.86. The number of nitrogens with one attached hydrogen (secondary N) is 2. The third kappa shape index (κ3) is 3.45. The van der Waals surface area contributed by atoms with E-state index in [1.54, 1.807) is 30.3 Å². The minimum Gasteiger partial charge on any atom is -0.365 e. The number of carbonyl (C=O) groups excluding carboxylic acids is 2. The molecular formula is C18H22N8O3. The molecular weight excluding hydrogens is 376 g/mol. The van der Waals surface area contributed by atoms with E-state index >= 15 is 0 Å². The highest BCUT2D eigenvalue weighted by molar-refractivity contribution is 6.06. The summed E-state index contributed by atoms with van der Waals surface area (Å²) in [5.74, 6) is -1.22. The molecule has 0 spiro atoms. The number of amides is 2. The molecule has 1 unspecified atom stereocenters. The third-order valence-electron chi connectivity index (χ3n) is 5.16. The summed E-state index contributed by atoms with van der Waals surface area (Å²) in [4.78, 5) is 38.0. The zero-order chi connectivity index (χ0) is 20.8. The number of aromatic amines is 1. The van der Waals surface area contributed by atoms with Crippen LogP contribution in [0.3, 0.4) is 0 Å². The fourth-order valence-corrected chi connectivity index (χ4v) is 3.29. The summed E-state index contributed by atoms with van der Waals surface area (Å²) < 4.78 is 1.64. The highest BCUT2D eigenvalue weighted by atomic mass is 16.3. The number of aliphatic hydroxyl groups is 1. The molecule has 1 fully saturated rings. The van der Waals surface area contributed by atoms with Crippen LogP contribution in [0.4, 0.5) is 0 Å². The number of hydrogen-bond acceptors (Lipinski definition) is 7. The van der Waals surface area contributed by atoms with Crippen LogP contribution in [0.2, 0.25) is 0 Å². The number of fused-ring (bicyclic) bond motifs is 1. The highest BCUT2D eigenvalue weighted by Gasteiger charge is 2.42. The molecule has 0 radical (unpaired) electrons. The fraction of sp³-hybridized carbons (Fsp3) is 0.389. The highest BCUT2D eigenvalue weighted by Crippen LogP contribution is 2.23. The lowest BCUT2D eigenvalue weighted by Crippen LogP contribution is -2.70. The van der Waals surface area contributed by atoms with Crippen molar-refractivity contribution >= 4 is 23.0 Å². The topological polar surface area (TPSA) is 155 Å². The molecule has 29 heavy (non-hydrogen) atoms. The van der Waals surface area contributed by atoms with Gasteiger partial charge >= 0.3 is 0 Å². The van der Waals surface area contributed by atoms with Gasteiger partial charge in [-0.15, -0.1) is 0 Å². The Morgan fingerprint density at radius 2 is 2.17 bits per heavy atom. The predicted octanol–water partition coefficient (Wildman–Crippen LogP) is -0.644. The SMILES string of the molecule is CCC1(N)CN(C(=O)C(O)NC(=O)c2c[nH]c3ncc(-c4cnn(C)c4)nc23)C1. The molecule has 1 aliphatic heterocycles. The summed E-state index contributed by atoms with van der Waals surface area (Å²) >= 11 is 0. The number of hydrogen-bond donors (Lipinski definition) is 4. The van der Waals surface area contributed by atoms with Gasteiger partial charge in [0.2, 0.25) is 6.23 Å². The molecule has 4 rings (SSSR count). The first-order chi connectivity index (χ1) is 13.8. The van der Waals surface area contributed by atoms with Gasteiger partial charge in [-0.1, -0.05) is 6.92 Å². The van der Waals surface area contributed by atoms with Gasteiger partial charge < -0.3 is 26.0 Å². The summed E-state index contributed by atoms with van der Waals surface area (Å²) in [7, 11) is 1.79. The molecule has 0 saturated carbocycles. The lowest BCUT2D eigenvalue weighted by Gasteiger charge is -2.47. The van der Waals surface area contributed by atoms with Crippen molar-refractivity contribution < 1.29 is 14.7 Å². The second kappa shape index (κ2) is 6.94. The molecule has 5 N–H and O–H groups in total. The minimum atomic E-state index is -1.66. The first-order valence-electron chi connectivity index (χ1n) is 9.19. The van der Waals surface area contributed by atoms with Crippen molar-refractivity contribution in [3.8, 4) is 11.3 Å². The smallest absolute Gasteiger partial charge is 0.272 e. The number of aryl methyl sites for hydroxylation is 1. The molecule has 3 aromatic heterocycles. The number of carbonyl (C=O) groups is 2. The van der Waals surface area contributed by atoms with Crippen molar-refractivity contribution in [2.45, 2.75) is 25.1 Å². The Morgan fingerprint density at radius 1 is 1.41 bits per heavy atom. The number of aromatic nitrogens is 5. The molecule has 1 saturated heterocycles. The summed E-state index contributed by atoms with van der Waals surface area (Å²) in [6.45, 7) is 2.64. The van der Waals surface area contributed by atoms with Crippen LogP contribution in [-0.4, -0.2) is 71.4 Å². The maximum atomic E-state index is 12.6. The Balaban J connectivity index is 1.50. The van der Waals surface area contributed by atoms with E-state index in [1.165, 1.54) is 11.1 Å². The Bertz CT molecular complexity index is 1080. The average molecular weight is 398 g/mol. The van der Waals surface area contributed by atoms with Crippen molar-refractivity contribution in [3.05, 3.63) is 30.4 Å². The monoisotopic (exact) mass is 398 g/mol. The van der Waals surface area contributed by atoms with Gasteiger partial charge in [0.1, 0.15) is 5.52 Å². The average Bonchev–Trinajstić information content (AvgIpc) is 3.30. The third-order valence-corrected chi connectivity index (χ3v) is 5.16. The lowest BCUT2D eigenvalue weighted by atomic mass is 9.88. The molecule has 0 bridgehead atoms. The van der Waals surface area contributed by atoms with Crippen molar-refractivity contribution in [1.82, 2.24) is 34.9 Å². The van der Waals surface area contributed by atoms with Crippen LogP contribution in [0, 0.1) is 0 Å². The zero-order valence-electron chi connectivity index (χ0n) is 16.1. The first kappa shape index (κ1) is 19.0. The molecule has 11 heteroatoms. The maximum Gasteiger partial charge on any atom is 0.272 e.